The Morgan fingerprint density at radius 1 is 1.35 bits per heavy atom. The van der Waals surface area contributed by atoms with Gasteiger partial charge in [0.05, 0.1) is 18.3 Å². The van der Waals surface area contributed by atoms with Gasteiger partial charge in [0.15, 0.2) is 5.69 Å². The molecule has 1 aliphatic rings. The first-order valence-electron chi connectivity index (χ1n) is 6.93. The molecule has 1 fully saturated rings. The fourth-order valence-electron chi connectivity index (χ4n) is 2.53. The van der Waals surface area contributed by atoms with Crippen molar-refractivity contribution in [2.75, 3.05) is 7.05 Å². The van der Waals surface area contributed by atoms with Gasteiger partial charge in [-0.05, 0) is 12.8 Å². The monoisotopic (exact) mass is 330 g/mol. The van der Waals surface area contributed by atoms with Gasteiger partial charge in [-0.3, -0.25) is 14.4 Å². The molecule has 0 aliphatic heterocycles. The van der Waals surface area contributed by atoms with E-state index >= 15 is 0 Å². The van der Waals surface area contributed by atoms with Crippen molar-refractivity contribution in [1.82, 2.24) is 20.6 Å². The van der Waals surface area contributed by atoms with Gasteiger partial charge in [0.2, 0.25) is 0 Å². The van der Waals surface area contributed by atoms with Gasteiger partial charge in [-0.1, -0.05) is 0 Å². The van der Waals surface area contributed by atoms with Crippen molar-refractivity contribution in [3.8, 4) is 0 Å². The van der Waals surface area contributed by atoms with Crippen molar-refractivity contribution in [2.45, 2.75) is 31.2 Å². The van der Waals surface area contributed by atoms with Crippen molar-refractivity contribution in [1.29, 1.82) is 0 Å². The van der Waals surface area contributed by atoms with Crippen LogP contribution in [-0.2, 0) is 4.79 Å². The Labute approximate surface area is 129 Å². The third-order valence-electron chi connectivity index (χ3n) is 3.80. The fourth-order valence-corrected chi connectivity index (χ4v) is 2.53. The highest BCUT2D eigenvalue weighted by molar-refractivity contribution is 6.04. The van der Waals surface area contributed by atoms with E-state index in [2.05, 4.69) is 20.6 Å². The van der Waals surface area contributed by atoms with Crippen molar-refractivity contribution >= 4 is 17.8 Å². The van der Waals surface area contributed by atoms with Crippen LogP contribution in [0.25, 0.3) is 0 Å². The maximum absolute atomic E-state index is 14.0. The van der Waals surface area contributed by atoms with E-state index in [1.54, 1.807) is 0 Å². The molecule has 1 aromatic rings. The zero-order valence-corrected chi connectivity index (χ0v) is 12.2. The highest BCUT2D eigenvalue weighted by Crippen LogP contribution is 2.37. The summed E-state index contributed by atoms with van der Waals surface area (Å²) < 4.78 is 28.0. The number of halogens is 2. The predicted octanol–water partition coefficient (Wildman–Crippen LogP) is 0.388. The second kappa shape index (κ2) is 6.31. The summed E-state index contributed by atoms with van der Waals surface area (Å²) >= 11 is 0. The number of amides is 2. The summed E-state index contributed by atoms with van der Waals surface area (Å²) in [6, 6.07) is -1.50. The first kappa shape index (κ1) is 16.8. The molecule has 8 nitrogen and oxygen atoms in total. The van der Waals surface area contributed by atoms with Gasteiger partial charge in [-0.15, -0.1) is 0 Å². The summed E-state index contributed by atoms with van der Waals surface area (Å²) in [5.41, 5.74) is -0.423. The number of rotatable bonds is 4. The third kappa shape index (κ3) is 3.46. The number of aromatic amines is 1. The molecule has 2 atom stereocenters. The molecule has 0 unspecified atom stereocenters. The summed E-state index contributed by atoms with van der Waals surface area (Å²) in [5, 5.41) is 13.3. The predicted molar refractivity (Wildman–Crippen MR) is 73.2 cm³/mol. The van der Waals surface area contributed by atoms with Crippen LogP contribution in [-0.4, -0.2) is 51.9 Å². The van der Waals surface area contributed by atoms with E-state index in [0.717, 1.165) is 6.33 Å². The molecule has 1 aliphatic carbocycles. The average molecular weight is 330 g/mol. The molecule has 23 heavy (non-hydrogen) atoms. The van der Waals surface area contributed by atoms with Crippen molar-refractivity contribution in [3.05, 3.63) is 17.7 Å². The number of carbonyl (C=O) groups is 3. The molecule has 2 rings (SSSR count). The normalized spacial score (nSPS) is 23.1. The second-order valence-corrected chi connectivity index (χ2v) is 5.31. The lowest BCUT2D eigenvalue weighted by Gasteiger charge is -2.34. The Balaban J connectivity index is 2.10. The molecule has 0 radical (unpaired) electrons. The largest absolute Gasteiger partial charge is 0.481 e. The minimum Gasteiger partial charge on any atom is -0.481 e. The first-order chi connectivity index (χ1) is 10.8. The molecule has 0 aromatic carbocycles. The van der Waals surface area contributed by atoms with Crippen LogP contribution in [0.1, 0.15) is 40.2 Å². The van der Waals surface area contributed by atoms with Crippen LogP contribution in [0.3, 0.4) is 0 Å². The van der Waals surface area contributed by atoms with Crippen LogP contribution < -0.4 is 10.6 Å². The van der Waals surface area contributed by atoms with E-state index in [9.17, 15) is 23.2 Å². The number of hydrogen-bond acceptors (Lipinski definition) is 4. The maximum atomic E-state index is 14.0. The number of H-pyrrole nitrogens is 1. The number of imidazole rings is 1. The minimum atomic E-state index is -3.35. The van der Waals surface area contributed by atoms with Gasteiger partial charge < -0.3 is 20.7 Å². The van der Waals surface area contributed by atoms with Gasteiger partial charge in [-0.25, -0.2) is 13.8 Å². The minimum absolute atomic E-state index is 0.0404. The SMILES string of the molecule is CNC(=O)c1[nH]cnc1C(=O)N[C@H]1CC[C@H](C(=O)O)CC1(F)F. The molecule has 1 heterocycles. The van der Waals surface area contributed by atoms with Crippen molar-refractivity contribution in [3.63, 3.8) is 0 Å². The second-order valence-electron chi connectivity index (χ2n) is 5.31. The lowest BCUT2D eigenvalue weighted by molar-refractivity contribution is -0.150. The molecular formula is C13H16F2N4O4. The number of alkyl halides is 2. The molecule has 2 amide bonds. The molecule has 0 bridgehead atoms. The molecule has 126 valence electrons. The van der Waals surface area contributed by atoms with Crippen LogP contribution in [0.4, 0.5) is 8.78 Å². The number of carboxylic acids is 1. The summed E-state index contributed by atoms with van der Waals surface area (Å²) in [7, 11) is 1.35. The smallest absolute Gasteiger partial charge is 0.306 e. The van der Waals surface area contributed by atoms with E-state index in [1.807, 2.05) is 0 Å². The van der Waals surface area contributed by atoms with E-state index < -0.39 is 42.1 Å². The quantitative estimate of drug-likeness (QED) is 0.636. The topological polar surface area (TPSA) is 124 Å². The summed E-state index contributed by atoms with van der Waals surface area (Å²) in [4.78, 5) is 40.6. The van der Waals surface area contributed by atoms with Crippen LogP contribution >= 0.6 is 0 Å². The number of carbonyl (C=O) groups excluding carboxylic acids is 2. The maximum Gasteiger partial charge on any atom is 0.306 e. The highest BCUT2D eigenvalue weighted by Gasteiger charge is 2.48. The van der Waals surface area contributed by atoms with E-state index in [-0.39, 0.29) is 24.2 Å². The Hall–Kier alpha value is -2.52. The van der Waals surface area contributed by atoms with E-state index in [1.165, 1.54) is 7.05 Å². The molecular weight excluding hydrogens is 314 g/mol. The van der Waals surface area contributed by atoms with Gasteiger partial charge >= 0.3 is 5.97 Å². The zero-order chi connectivity index (χ0) is 17.2. The molecule has 4 N–H and O–H groups in total. The molecule has 0 spiro atoms. The molecule has 10 heteroatoms. The Morgan fingerprint density at radius 2 is 2.04 bits per heavy atom. The summed E-state index contributed by atoms with van der Waals surface area (Å²) in [5.74, 6) is -7.27. The number of aliphatic carboxylic acids is 1. The Morgan fingerprint density at radius 3 is 2.61 bits per heavy atom. The number of nitrogens with one attached hydrogen (secondary N) is 3. The van der Waals surface area contributed by atoms with Crippen molar-refractivity contribution < 1.29 is 28.3 Å². The van der Waals surface area contributed by atoms with Crippen LogP contribution in [0, 0.1) is 5.92 Å². The lowest BCUT2D eigenvalue weighted by Crippen LogP contribution is -2.52. The zero-order valence-electron chi connectivity index (χ0n) is 12.2. The van der Waals surface area contributed by atoms with E-state index in [4.69, 9.17) is 5.11 Å². The number of carboxylic acid groups (broad SMARTS) is 1. The van der Waals surface area contributed by atoms with Gasteiger partial charge in [0.1, 0.15) is 5.69 Å². The number of aromatic nitrogens is 2. The van der Waals surface area contributed by atoms with Crippen LogP contribution in [0.5, 0.6) is 0 Å². The number of hydrogen-bond donors (Lipinski definition) is 4. The first-order valence-corrected chi connectivity index (χ1v) is 6.93. The summed E-state index contributed by atoms with van der Waals surface area (Å²) in [6.07, 6.45) is 0.142. The standard InChI is InChI=1S/C13H16F2N4O4/c1-16-10(20)8-9(18-5-17-8)11(21)19-7-3-2-6(12(22)23)4-13(7,14)15/h5-7H,2-4H2,1H3,(H,16,20)(H,17,18)(H,19,21)(H,22,23)/t6-,7-/m0/s1. The lowest BCUT2D eigenvalue weighted by atomic mass is 9.83. The van der Waals surface area contributed by atoms with Gasteiger partial charge in [-0.2, -0.15) is 0 Å². The van der Waals surface area contributed by atoms with Gasteiger partial charge in [0, 0.05) is 13.5 Å². The third-order valence-corrected chi connectivity index (χ3v) is 3.80. The highest BCUT2D eigenvalue weighted by atomic mass is 19.3. The van der Waals surface area contributed by atoms with E-state index in [0.29, 0.717) is 0 Å². The number of nitrogens with zero attached hydrogens (tertiary/aromatic N) is 1. The van der Waals surface area contributed by atoms with Crippen LogP contribution in [0.15, 0.2) is 6.33 Å². The molecule has 1 saturated carbocycles. The molecule has 1 aromatic heterocycles. The fraction of sp³-hybridized carbons (Fsp3) is 0.538. The summed E-state index contributed by atoms with van der Waals surface area (Å²) in [6.45, 7) is 0. The Kier molecular flexibility index (Phi) is 4.62. The average Bonchev–Trinajstić information content (AvgIpc) is 2.97. The molecule has 0 saturated heterocycles. The van der Waals surface area contributed by atoms with Crippen LogP contribution in [0.2, 0.25) is 0 Å². The van der Waals surface area contributed by atoms with Gasteiger partial charge in [0.25, 0.3) is 17.7 Å². The Bertz CT molecular complexity index is 631. The van der Waals surface area contributed by atoms with Crippen molar-refractivity contribution in [2.24, 2.45) is 5.92 Å².